The highest BCUT2D eigenvalue weighted by molar-refractivity contribution is 6.24. The standard InChI is InChI=1S/C27H20N/c1-17-3-5-19-7-9-21-11-13-28-14-12-22-10-8-20-6-4-18(2)16-24(20)26(22)27(28)25(21)23(19)15-17/h3-16H,1-2H3/q+1. The summed E-state index contributed by atoms with van der Waals surface area (Å²) in [6.07, 6.45) is 4.38. The molecular formula is C27H20N+. The van der Waals surface area contributed by atoms with Gasteiger partial charge in [0.1, 0.15) is 0 Å². The molecule has 0 atom stereocenters. The number of hydrogen-bond acceptors (Lipinski definition) is 0. The highest BCUT2D eigenvalue weighted by Gasteiger charge is 2.17. The summed E-state index contributed by atoms with van der Waals surface area (Å²) >= 11 is 0. The van der Waals surface area contributed by atoms with E-state index in [1.807, 2.05) is 0 Å². The molecule has 1 heteroatoms. The Bertz CT molecular complexity index is 1450. The maximum absolute atomic E-state index is 2.33. The highest BCUT2D eigenvalue weighted by atomic mass is 14.8. The minimum atomic E-state index is 1.29. The van der Waals surface area contributed by atoms with Gasteiger partial charge in [-0.3, -0.25) is 0 Å². The minimum absolute atomic E-state index is 1.29. The molecule has 0 unspecified atom stereocenters. The second-order valence-corrected chi connectivity index (χ2v) is 7.90. The molecule has 0 radical (unpaired) electrons. The fourth-order valence-electron chi connectivity index (χ4n) is 4.61. The van der Waals surface area contributed by atoms with E-state index in [9.17, 15) is 0 Å². The van der Waals surface area contributed by atoms with Gasteiger partial charge in [-0.15, -0.1) is 0 Å². The van der Waals surface area contributed by atoms with E-state index in [0.29, 0.717) is 0 Å². The smallest absolute Gasteiger partial charge is 0.166 e. The van der Waals surface area contributed by atoms with Gasteiger partial charge in [0, 0.05) is 12.1 Å². The molecule has 0 aliphatic rings. The quantitative estimate of drug-likeness (QED) is 0.211. The molecule has 0 aliphatic heterocycles. The lowest BCUT2D eigenvalue weighted by Crippen LogP contribution is -2.20. The molecule has 28 heavy (non-hydrogen) atoms. The Balaban J connectivity index is 2.01. The Morgan fingerprint density at radius 2 is 0.929 bits per heavy atom. The first kappa shape index (κ1) is 15.6. The predicted molar refractivity (Wildman–Crippen MR) is 119 cm³/mol. The van der Waals surface area contributed by atoms with E-state index in [2.05, 4.69) is 103 Å². The number of nitrogens with zero attached hydrogens (tertiary/aromatic N) is 1. The molecule has 0 amide bonds. The monoisotopic (exact) mass is 358 g/mol. The molecule has 0 saturated carbocycles. The molecule has 0 bridgehead atoms. The van der Waals surface area contributed by atoms with Crippen molar-refractivity contribution in [2.24, 2.45) is 0 Å². The van der Waals surface area contributed by atoms with E-state index in [1.54, 1.807) is 0 Å². The van der Waals surface area contributed by atoms with Crippen LogP contribution in [0.4, 0.5) is 0 Å². The van der Waals surface area contributed by atoms with Gasteiger partial charge in [-0.05, 0) is 46.2 Å². The van der Waals surface area contributed by atoms with Crippen LogP contribution in [-0.2, 0) is 0 Å². The number of aromatic nitrogens is 1. The molecule has 6 aromatic rings. The van der Waals surface area contributed by atoms with Crippen LogP contribution in [0.2, 0.25) is 0 Å². The molecule has 1 nitrogen and oxygen atoms in total. The lowest BCUT2D eigenvalue weighted by Gasteiger charge is -2.09. The number of rotatable bonds is 0. The van der Waals surface area contributed by atoms with Gasteiger partial charge in [0.2, 0.25) is 5.52 Å². The highest BCUT2D eigenvalue weighted by Crippen LogP contribution is 2.35. The molecule has 0 fully saturated rings. The van der Waals surface area contributed by atoms with Crippen molar-refractivity contribution in [1.82, 2.24) is 0 Å². The van der Waals surface area contributed by atoms with E-state index in [4.69, 9.17) is 0 Å². The van der Waals surface area contributed by atoms with Crippen molar-refractivity contribution in [2.75, 3.05) is 0 Å². The Labute approximate surface area is 163 Å². The van der Waals surface area contributed by atoms with Crippen molar-refractivity contribution in [3.05, 3.63) is 96.3 Å². The summed E-state index contributed by atoms with van der Waals surface area (Å²) in [7, 11) is 0. The van der Waals surface area contributed by atoms with Gasteiger partial charge >= 0.3 is 0 Å². The van der Waals surface area contributed by atoms with E-state index in [1.165, 1.54) is 59.7 Å². The van der Waals surface area contributed by atoms with Crippen molar-refractivity contribution >= 4 is 48.6 Å². The van der Waals surface area contributed by atoms with Crippen LogP contribution in [-0.4, -0.2) is 0 Å². The molecule has 2 heterocycles. The number of benzene rings is 4. The third kappa shape index (κ3) is 2.10. The van der Waals surface area contributed by atoms with Crippen LogP contribution >= 0.6 is 0 Å². The van der Waals surface area contributed by atoms with Crippen LogP contribution in [0.3, 0.4) is 0 Å². The van der Waals surface area contributed by atoms with Crippen molar-refractivity contribution in [1.29, 1.82) is 0 Å². The van der Waals surface area contributed by atoms with E-state index >= 15 is 0 Å². The number of aryl methyl sites for hydroxylation is 2. The van der Waals surface area contributed by atoms with Crippen LogP contribution in [0.1, 0.15) is 11.1 Å². The summed E-state index contributed by atoms with van der Waals surface area (Å²) in [5.41, 5.74) is 3.88. The molecule has 0 saturated heterocycles. The number of fused-ring (bicyclic) bond motifs is 9. The SMILES string of the molecule is Cc1ccc2ccc3cc[n+]4ccc5ccc6ccc(C)cc6c5c4c3c2c1. The summed E-state index contributed by atoms with van der Waals surface area (Å²) in [5.74, 6) is 0. The van der Waals surface area contributed by atoms with Gasteiger partial charge in [-0.25, -0.2) is 0 Å². The van der Waals surface area contributed by atoms with Crippen molar-refractivity contribution in [3.63, 3.8) is 0 Å². The molecule has 2 aromatic heterocycles. The lowest BCUT2D eigenvalue weighted by atomic mass is 9.95. The number of hydrogen-bond donors (Lipinski definition) is 0. The molecule has 132 valence electrons. The van der Waals surface area contributed by atoms with Crippen molar-refractivity contribution in [2.45, 2.75) is 13.8 Å². The van der Waals surface area contributed by atoms with Crippen LogP contribution in [0.25, 0.3) is 48.6 Å². The van der Waals surface area contributed by atoms with Gasteiger partial charge in [-0.1, -0.05) is 71.8 Å². The second-order valence-electron chi connectivity index (χ2n) is 7.90. The van der Waals surface area contributed by atoms with E-state index in [0.717, 1.165) is 0 Å². The first-order valence-electron chi connectivity index (χ1n) is 9.78. The second kappa shape index (κ2) is 5.53. The molecule has 0 N–H and O–H groups in total. The Morgan fingerprint density at radius 1 is 0.500 bits per heavy atom. The van der Waals surface area contributed by atoms with Crippen molar-refractivity contribution in [3.8, 4) is 0 Å². The average Bonchev–Trinajstić information content (AvgIpc) is 2.72. The summed E-state index contributed by atoms with van der Waals surface area (Å²) in [4.78, 5) is 0. The zero-order valence-electron chi connectivity index (χ0n) is 16.0. The number of pyridine rings is 2. The van der Waals surface area contributed by atoms with Gasteiger partial charge in [-0.2, -0.15) is 4.40 Å². The fraction of sp³-hybridized carbons (Fsp3) is 0.0741. The fourth-order valence-corrected chi connectivity index (χ4v) is 4.61. The third-order valence-electron chi connectivity index (χ3n) is 5.98. The summed E-state index contributed by atoms with van der Waals surface area (Å²) in [6, 6.07) is 27.0. The molecule has 6 rings (SSSR count). The van der Waals surface area contributed by atoms with Crippen LogP contribution < -0.4 is 4.40 Å². The maximum Gasteiger partial charge on any atom is 0.227 e. The first-order chi connectivity index (χ1) is 13.7. The molecule has 4 aromatic carbocycles. The van der Waals surface area contributed by atoms with Gasteiger partial charge in [0.25, 0.3) is 0 Å². The zero-order valence-corrected chi connectivity index (χ0v) is 16.0. The molecule has 0 aliphatic carbocycles. The molecule has 0 spiro atoms. The normalized spacial score (nSPS) is 11.9. The largest absolute Gasteiger partial charge is 0.227 e. The van der Waals surface area contributed by atoms with Crippen molar-refractivity contribution < 1.29 is 4.40 Å². The molecular weight excluding hydrogens is 338 g/mol. The Morgan fingerprint density at radius 3 is 1.43 bits per heavy atom. The Kier molecular flexibility index (Phi) is 3.08. The first-order valence-corrected chi connectivity index (χ1v) is 9.78. The lowest BCUT2D eigenvalue weighted by molar-refractivity contribution is -0.509. The van der Waals surface area contributed by atoms with E-state index < -0.39 is 0 Å². The Hall–Kier alpha value is -3.45. The summed E-state index contributed by atoms with van der Waals surface area (Å²) in [6.45, 7) is 4.35. The van der Waals surface area contributed by atoms with Crippen LogP contribution in [0.5, 0.6) is 0 Å². The van der Waals surface area contributed by atoms with Crippen LogP contribution in [0.15, 0.2) is 85.2 Å². The summed E-state index contributed by atoms with van der Waals surface area (Å²) in [5, 5.41) is 10.5. The average molecular weight is 358 g/mol. The van der Waals surface area contributed by atoms with E-state index in [-0.39, 0.29) is 0 Å². The van der Waals surface area contributed by atoms with Crippen LogP contribution in [0, 0.1) is 13.8 Å². The summed E-state index contributed by atoms with van der Waals surface area (Å²) < 4.78 is 2.29. The maximum atomic E-state index is 2.33. The zero-order chi connectivity index (χ0) is 18.8. The predicted octanol–water partition coefficient (Wildman–Crippen LogP) is 6.65. The minimum Gasteiger partial charge on any atom is -0.166 e. The topological polar surface area (TPSA) is 4.10 Å². The van der Waals surface area contributed by atoms with Gasteiger partial charge in [0.05, 0.1) is 10.8 Å². The van der Waals surface area contributed by atoms with Gasteiger partial charge < -0.3 is 0 Å². The third-order valence-corrected chi connectivity index (χ3v) is 5.98. The van der Waals surface area contributed by atoms with Gasteiger partial charge in [0.15, 0.2) is 12.4 Å².